The monoisotopic (exact) mass is 234 g/mol. The lowest BCUT2D eigenvalue weighted by Gasteiger charge is -2.10. The SMILES string of the molecule is C#CC(CCC)NC(=O)c1cn(CCN)cn1. The average molecular weight is 234 g/mol. The van der Waals surface area contributed by atoms with Crippen molar-refractivity contribution < 1.29 is 4.79 Å². The van der Waals surface area contributed by atoms with Gasteiger partial charge in [-0.1, -0.05) is 19.3 Å². The topological polar surface area (TPSA) is 72.9 Å². The van der Waals surface area contributed by atoms with Gasteiger partial charge < -0.3 is 15.6 Å². The highest BCUT2D eigenvalue weighted by Crippen LogP contribution is 2.00. The number of carbonyl (C=O) groups excluding carboxylic acids is 1. The molecule has 0 radical (unpaired) electrons. The maximum atomic E-state index is 11.8. The number of imidazole rings is 1. The molecule has 0 saturated carbocycles. The molecule has 1 amide bonds. The predicted octanol–water partition coefficient (Wildman–Crippen LogP) is 0.374. The van der Waals surface area contributed by atoms with Crippen LogP contribution in [0.4, 0.5) is 0 Å². The second kappa shape index (κ2) is 6.71. The number of nitrogens with zero attached hydrogens (tertiary/aromatic N) is 2. The van der Waals surface area contributed by atoms with E-state index in [0.717, 1.165) is 12.8 Å². The van der Waals surface area contributed by atoms with Gasteiger partial charge in [-0.2, -0.15) is 0 Å². The van der Waals surface area contributed by atoms with Gasteiger partial charge in [0.15, 0.2) is 0 Å². The van der Waals surface area contributed by atoms with Gasteiger partial charge >= 0.3 is 0 Å². The van der Waals surface area contributed by atoms with Gasteiger partial charge in [-0.05, 0) is 6.42 Å². The maximum absolute atomic E-state index is 11.8. The smallest absolute Gasteiger partial charge is 0.272 e. The Bertz CT molecular complexity index is 405. The molecule has 0 fully saturated rings. The summed E-state index contributed by atoms with van der Waals surface area (Å²) in [4.78, 5) is 15.8. The molecule has 0 aliphatic rings. The second-order valence-electron chi connectivity index (χ2n) is 3.77. The van der Waals surface area contributed by atoms with E-state index in [0.29, 0.717) is 18.8 Å². The van der Waals surface area contributed by atoms with Crippen LogP contribution in [0.5, 0.6) is 0 Å². The van der Waals surface area contributed by atoms with Crippen molar-refractivity contribution in [3.05, 3.63) is 18.2 Å². The van der Waals surface area contributed by atoms with E-state index in [1.807, 2.05) is 6.92 Å². The number of terminal acetylenes is 1. The fourth-order valence-corrected chi connectivity index (χ4v) is 1.47. The van der Waals surface area contributed by atoms with Crippen LogP contribution >= 0.6 is 0 Å². The third kappa shape index (κ3) is 3.93. The third-order valence-electron chi connectivity index (χ3n) is 2.34. The lowest BCUT2D eigenvalue weighted by atomic mass is 10.2. The van der Waals surface area contributed by atoms with Crippen molar-refractivity contribution in [3.8, 4) is 12.3 Å². The summed E-state index contributed by atoms with van der Waals surface area (Å²) in [5, 5.41) is 2.76. The van der Waals surface area contributed by atoms with Crippen LogP contribution in [-0.4, -0.2) is 28.0 Å². The first-order valence-corrected chi connectivity index (χ1v) is 5.70. The normalized spacial score (nSPS) is 11.8. The molecule has 0 aliphatic heterocycles. The summed E-state index contributed by atoms with van der Waals surface area (Å²) in [6, 6.07) is -0.229. The third-order valence-corrected chi connectivity index (χ3v) is 2.34. The number of hydrogen-bond acceptors (Lipinski definition) is 3. The Morgan fingerprint density at radius 2 is 2.53 bits per heavy atom. The maximum Gasteiger partial charge on any atom is 0.272 e. The Balaban J connectivity index is 2.59. The summed E-state index contributed by atoms with van der Waals surface area (Å²) >= 11 is 0. The highest BCUT2D eigenvalue weighted by molar-refractivity contribution is 5.92. The van der Waals surface area contributed by atoms with Crippen LogP contribution in [0.15, 0.2) is 12.5 Å². The first-order valence-electron chi connectivity index (χ1n) is 5.70. The van der Waals surface area contributed by atoms with Crippen molar-refractivity contribution in [3.63, 3.8) is 0 Å². The van der Waals surface area contributed by atoms with Crippen LogP contribution < -0.4 is 11.1 Å². The van der Waals surface area contributed by atoms with Gasteiger partial charge in [0.05, 0.1) is 12.4 Å². The van der Waals surface area contributed by atoms with E-state index in [9.17, 15) is 4.79 Å². The molecule has 0 spiro atoms. The molecular formula is C12H18N4O. The van der Waals surface area contributed by atoms with Crippen LogP contribution in [0.25, 0.3) is 0 Å². The van der Waals surface area contributed by atoms with Crippen molar-refractivity contribution in [2.75, 3.05) is 6.54 Å². The number of amides is 1. The van der Waals surface area contributed by atoms with Gasteiger partial charge in [-0.25, -0.2) is 4.98 Å². The van der Waals surface area contributed by atoms with Crippen molar-refractivity contribution in [1.82, 2.24) is 14.9 Å². The molecule has 1 unspecified atom stereocenters. The summed E-state index contributed by atoms with van der Waals surface area (Å²) in [6.07, 6.45) is 10.3. The van der Waals surface area contributed by atoms with E-state index >= 15 is 0 Å². The minimum absolute atomic E-state index is 0.229. The number of carbonyl (C=O) groups is 1. The molecule has 17 heavy (non-hydrogen) atoms. The number of aromatic nitrogens is 2. The molecule has 1 rings (SSSR count). The van der Waals surface area contributed by atoms with Crippen LogP contribution in [0.2, 0.25) is 0 Å². The zero-order valence-corrected chi connectivity index (χ0v) is 10.0. The van der Waals surface area contributed by atoms with Gasteiger partial charge in [-0.3, -0.25) is 4.79 Å². The Morgan fingerprint density at radius 1 is 1.76 bits per heavy atom. The van der Waals surface area contributed by atoms with Crippen molar-refractivity contribution >= 4 is 5.91 Å². The lowest BCUT2D eigenvalue weighted by molar-refractivity contribution is 0.0939. The largest absolute Gasteiger partial charge is 0.337 e. The predicted molar refractivity (Wildman–Crippen MR) is 66.3 cm³/mol. The fraction of sp³-hybridized carbons (Fsp3) is 0.500. The molecule has 1 heterocycles. The molecule has 3 N–H and O–H groups in total. The van der Waals surface area contributed by atoms with Crippen molar-refractivity contribution in [2.24, 2.45) is 5.73 Å². The molecule has 1 aromatic heterocycles. The highest BCUT2D eigenvalue weighted by Gasteiger charge is 2.13. The lowest BCUT2D eigenvalue weighted by Crippen LogP contribution is -2.33. The van der Waals surface area contributed by atoms with E-state index in [1.165, 1.54) is 0 Å². The van der Waals surface area contributed by atoms with Gasteiger partial charge in [0.25, 0.3) is 5.91 Å². The minimum Gasteiger partial charge on any atom is -0.337 e. The van der Waals surface area contributed by atoms with Crippen LogP contribution in [0.3, 0.4) is 0 Å². The first-order chi connectivity index (χ1) is 8.21. The zero-order chi connectivity index (χ0) is 12.7. The van der Waals surface area contributed by atoms with E-state index in [4.69, 9.17) is 12.2 Å². The number of nitrogens with two attached hydrogens (primary N) is 1. The molecule has 1 atom stereocenters. The Hall–Kier alpha value is -1.80. The number of nitrogens with one attached hydrogen (secondary N) is 1. The van der Waals surface area contributed by atoms with Crippen molar-refractivity contribution in [1.29, 1.82) is 0 Å². The van der Waals surface area contributed by atoms with Gasteiger partial charge in [-0.15, -0.1) is 6.42 Å². The summed E-state index contributed by atoms with van der Waals surface area (Å²) in [5.41, 5.74) is 5.78. The van der Waals surface area contributed by atoms with Crippen LogP contribution in [0, 0.1) is 12.3 Å². The van der Waals surface area contributed by atoms with E-state index in [2.05, 4.69) is 16.2 Å². The van der Waals surface area contributed by atoms with Gasteiger partial charge in [0, 0.05) is 19.3 Å². The zero-order valence-electron chi connectivity index (χ0n) is 10.0. The molecule has 5 nitrogen and oxygen atoms in total. The van der Waals surface area contributed by atoms with E-state index < -0.39 is 0 Å². The minimum atomic E-state index is -0.239. The molecule has 1 aromatic rings. The summed E-state index contributed by atoms with van der Waals surface area (Å²) in [6.45, 7) is 3.18. The molecular weight excluding hydrogens is 216 g/mol. The average Bonchev–Trinajstić information content (AvgIpc) is 2.77. The standard InChI is InChI=1S/C12H18N4O/c1-3-5-10(4-2)15-12(17)11-8-16(7-6-13)9-14-11/h2,8-10H,3,5-7,13H2,1H3,(H,15,17). The summed E-state index contributed by atoms with van der Waals surface area (Å²) < 4.78 is 1.78. The van der Waals surface area contributed by atoms with Crippen LogP contribution in [0.1, 0.15) is 30.3 Å². The molecule has 0 saturated heterocycles. The summed E-state index contributed by atoms with van der Waals surface area (Å²) in [7, 11) is 0. The molecule has 0 bridgehead atoms. The summed E-state index contributed by atoms with van der Waals surface area (Å²) in [5.74, 6) is 2.31. The van der Waals surface area contributed by atoms with Crippen molar-refractivity contribution in [2.45, 2.75) is 32.4 Å². The Labute approximate surface area is 101 Å². The van der Waals surface area contributed by atoms with E-state index in [-0.39, 0.29) is 11.9 Å². The Kier molecular flexibility index (Phi) is 5.24. The highest BCUT2D eigenvalue weighted by atomic mass is 16.1. The molecule has 0 aromatic carbocycles. The fourth-order valence-electron chi connectivity index (χ4n) is 1.47. The quantitative estimate of drug-likeness (QED) is 0.699. The Morgan fingerprint density at radius 3 is 3.12 bits per heavy atom. The second-order valence-corrected chi connectivity index (χ2v) is 3.77. The number of hydrogen-bond donors (Lipinski definition) is 2. The molecule has 0 aliphatic carbocycles. The van der Waals surface area contributed by atoms with Gasteiger partial charge in [0.1, 0.15) is 5.69 Å². The van der Waals surface area contributed by atoms with Gasteiger partial charge in [0.2, 0.25) is 0 Å². The number of rotatable bonds is 6. The molecule has 92 valence electrons. The van der Waals surface area contributed by atoms with E-state index in [1.54, 1.807) is 17.1 Å². The first kappa shape index (κ1) is 13.3. The van der Waals surface area contributed by atoms with Crippen LogP contribution in [-0.2, 0) is 6.54 Å². The molecule has 5 heteroatoms.